The number of ketones is 1. The van der Waals surface area contributed by atoms with Crippen molar-refractivity contribution < 1.29 is 14.3 Å². The first kappa shape index (κ1) is 16.6. The summed E-state index contributed by atoms with van der Waals surface area (Å²) in [7, 11) is 0. The van der Waals surface area contributed by atoms with Crippen molar-refractivity contribution in [3.63, 3.8) is 0 Å². The van der Waals surface area contributed by atoms with Crippen LogP contribution in [-0.2, 0) is 14.3 Å². The van der Waals surface area contributed by atoms with Gasteiger partial charge in [-0.2, -0.15) is 0 Å². The van der Waals surface area contributed by atoms with Crippen LogP contribution < -0.4 is 0 Å². The van der Waals surface area contributed by atoms with Gasteiger partial charge in [-0.3, -0.25) is 4.79 Å². The summed E-state index contributed by atoms with van der Waals surface area (Å²) in [5, 5.41) is 0. The first-order chi connectivity index (χ1) is 9.25. The zero-order valence-electron chi connectivity index (χ0n) is 12.7. The van der Waals surface area contributed by atoms with Gasteiger partial charge in [-0.05, 0) is 13.3 Å². The molecule has 19 heavy (non-hydrogen) atoms. The van der Waals surface area contributed by atoms with E-state index in [9.17, 15) is 4.79 Å². The number of carbonyl (C=O) groups excluding carboxylic acids is 1. The Morgan fingerprint density at radius 1 is 1.05 bits per heavy atom. The van der Waals surface area contributed by atoms with Crippen LogP contribution in [0.2, 0.25) is 0 Å². The van der Waals surface area contributed by atoms with Crippen molar-refractivity contribution in [3.8, 4) is 0 Å². The highest BCUT2D eigenvalue weighted by Gasteiger charge is 2.39. The van der Waals surface area contributed by atoms with Crippen LogP contribution in [0.1, 0.15) is 71.6 Å². The lowest BCUT2D eigenvalue weighted by atomic mass is 9.86. The van der Waals surface area contributed by atoms with Gasteiger partial charge < -0.3 is 9.47 Å². The average Bonchev–Trinajstić information content (AvgIpc) is 2.44. The molecule has 0 aromatic carbocycles. The molecule has 3 heteroatoms. The van der Waals surface area contributed by atoms with Crippen molar-refractivity contribution in [2.45, 2.75) is 77.2 Å². The van der Waals surface area contributed by atoms with Crippen LogP contribution in [-0.4, -0.2) is 31.2 Å². The zero-order chi connectivity index (χ0) is 14.0. The number of hydrogen-bond donors (Lipinski definition) is 0. The molecule has 0 bridgehead atoms. The minimum Gasteiger partial charge on any atom is -0.381 e. The molecule has 112 valence electrons. The number of carbonyl (C=O) groups is 1. The van der Waals surface area contributed by atoms with E-state index in [0.29, 0.717) is 32.0 Å². The number of hydrogen-bond acceptors (Lipinski definition) is 3. The van der Waals surface area contributed by atoms with E-state index < -0.39 is 5.60 Å². The predicted octanol–water partition coefficient (Wildman–Crippen LogP) is 3.89. The Kier molecular flexibility index (Phi) is 8.31. The topological polar surface area (TPSA) is 35.5 Å². The van der Waals surface area contributed by atoms with Crippen LogP contribution in [0.3, 0.4) is 0 Å². The summed E-state index contributed by atoms with van der Waals surface area (Å²) in [5.74, 6) is 0.299. The Bertz CT molecular complexity index is 239. The lowest BCUT2D eigenvalue weighted by Crippen LogP contribution is -2.46. The molecule has 0 radical (unpaired) electrons. The first-order valence-corrected chi connectivity index (χ1v) is 8.00. The number of rotatable bonds is 10. The largest absolute Gasteiger partial charge is 0.381 e. The first-order valence-electron chi connectivity index (χ1n) is 8.00. The van der Waals surface area contributed by atoms with Gasteiger partial charge in [-0.1, -0.05) is 39.0 Å². The monoisotopic (exact) mass is 270 g/mol. The molecular weight excluding hydrogens is 240 g/mol. The maximum Gasteiger partial charge on any atom is 0.164 e. The van der Waals surface area contributed by atoms with Gasteiger partial charge in [0.1, 0.15) is 5.60 Å². The van der Waals surface area contributed by atoms with Crippen LogP contribution in [0.5, 0.6) is 0 Å². The van der Waals surface area contributed by atoms with Gasteiger partial charge in [0.15, 0.2) is 5.78 Å². The third kappa shape index (κ3) is 5.62. The summed E-state index contributed by atoms with van der Waals surface area (Å²) in [6.45, 7) is 6.11. The van der Waals surface area contributed by atoms with E-state index >= 15 is 0 Å². The second-order valence-corrected chi connectivity index (χ2v) is 5.48. The molecule has 1 heterocycles. The highest BCUT2D eigenvalue weighted by molar-refractivity contribution is 5.87. The molecule has 1 aliphatic heterocycles. The normalized spacial score (nSPS) is 18.4. The zero-order valence-corrected chi connectivity index (χ0v) is 12.7. The molecular formula is C16H30O3. The van der Waals surface area contributed by atoms with Crippen molar-refractivity contribution in [2.24, 2.45) is 0 Å². The quantitative estimate of drug-likeness (QED) is 0.565. The molecule has 0 aromatic rings. The molecule has 1 saturated heterocycles. The Labute approximate surface area is 118 Å². The number of Topliss-reactive ketones (excluding diaryl/α,β-unsaturated/α-hetero) is 1. The van der Waals surface area contributed by atoms with Gasteiger partial charge in [0, 0.05) is 39.1 Å². The minimum atomic E-state index is -0.531. The van der Waals surface area contributed by atoms with Crippen molar-refractivity contribution in [2.75, 3.05) is 19.8 Å². The Morgan fingerprint density at radius 3 is 2.32 bits per heavy atom. The fourth-order valence-electron chi connectivity index (χ4n) is 2.77. The van der Waals surface area contributed by atoms with E-state index in [4.69, 9.17) is 9.47 Å². The summed E-state index contributed by atoms with van der Waals surface area (Å²) < 4.78 is 11.2. The highest BCUT2D eigenvalue weighted by Crippen LogP contribution is 2.28. The summed E-state index contributed by atoms with van der Waals surface area (Å²) >= 11 is 0. The van der Waals surface area contributed by atoms with E-state index in [1.165, 1.54) is 32.1 Å². The van der Waals surface area contributed by atoms with Crippen LogP contribution >= 0.6 is 0 Å². The maximum absolute atomic E-state index is 12.4. The molecule has 1 fully saturated rings. The van der Waals surface area contributed by atoms with Crippen molar-refractivity contribution in [1.29, 1.82) is 0 Å². The number of ether oxygens (including phenoxy) is 2. The fourth-order valence-corrected chi connectivity index (χ4v) is 2.77. The third-order valence-corrected chi connectivity index (χ3v) is 3.99. The lowest BCUT2D eigenvalue weighted by Gasteiger charge is -2.35. The highest BCUT2D eigenvalue weighted by atomic mass is 16.5. The summed E-state index contributed by atoms with van der Waals surface area (Å²) in [4.78, 5) is 12.4. The van der Waals surface area contributed by atoms with Crippen LogP contribution in [0, 0.1) is 0 Å². The molecule has 1 aliphatic rings. The maximum atomic E-state index is 12.4. The molecule has 3 nitrogen and oxygen atoms in total. The number of unbranched alkanes of at least 4 members (excludes halogenated alkanes) is 5. The molecule has 0 saturated carbocycles. The van der Waals surface area contributed by atoms with Gasteiger partial charge in [0.05, 0.1) is 0 Å². The van der Waals surface area contributed by atoms with Gasteiger partial charge in [-0.15, -0.1) is 0 Å². The molecule has 0 aliphatic carbocycles. The molecule has 0 atom stereocenters. The smallest absolute Gasteiger partial charge is 0.164 e. The van der Waals surface area contributed by atoms with Crippen LogP contribution in [0.4, 0.5) is 0 Å². The van der Waals surface area contributed by atoms with Gasteiger partial charge in [-0.25, -0.2) is 0 Å². The standard InChI is InChI=1S/C16H30O3/c1-3-5-6-7-8-9-10-15(17)16(19-4-2)11-13-18-14-12-16/h3-14H2,1-2H3. The third-order valence-electron chi connectivity index (χ3n) is 3.99. The van der Waals surface area contributed by atoms with Crippen molar-refractivity contribution in [1.82, 2.24) is 0 Å². The predicted molar refractivity (Wildman–Crippen MR) is 77.4 cm³/mol. The minimum absolute atomic E-state index is 0.299. The SMILES string of the molecule is CCCCCCCCC(=O)C1(OCC)CCOCC1. The van der Waals surface area contributed by atoms with E-state index in [-0.39, 0.29) is 0 Å². The average molecular weight is 270 g/mol. The van der Waals surface area contributed by atoms with Crippen LogP contribution in [0.15, 0.2) is 0 Å². The Morgan fingerprint density at radius 2 is 1.68 bits per heavy atom. The van der Waals surface area contributed by atoms with E-state index in [2.05, 4.69) is 6.92 Å². The molecule has 0 unspecified atom stereocenters. The Balaban J connectivity index is 2.28. The summed E-state index contributed by atoms with van der Waals surface area (Å²) in [6, 6.07) is 0. The van der Waals surface area contributed by atoms with Crippen molar-refractivity contribution >= 4 is 5.78 Å². The molecule has 1 rings (SSSR count). The van der Waals surface area contributed by atoms with E-state index in [0.717, 1.165) is 19.3 Å². The van der Waals surface area contributed by atoms with E-state index in [1.807, 2.05) is 6.92 Å². The van der Waals surface area contributed by atoms with Gasteiger partial charge in [0.25, 0.3) is 0 Å². The van der Waals surface area contributed by atoms with Gasteiger partial charge >= 0.3 is 0 Å². The molecule has 0 amide bonds. The second kappa shape index (κ2) is 9.49. The van der Waals surface area contributed by atoms with Gasteiger partial charge in [0.2, 0.25) is 0 Å². The second-order valence-electron chi connectivity index (χ2n) is 5.48. The van der Waals surface area contributed by atoms with E-state index in [1.54, 1.807) is 0 Å². The summed E-state index contributed by atoms with van der Waals surface area (Å²) in [5.41, 5.74) is -0.531. The lowest BCUT2D eigenvalue weighted by molar-refractivity contribution is -0.157. The fraction of sp³-hybridized carbons (Fsp3) is 0.938. The molecule has 0 aromatic heterocycles. The molecule has 0 N–H and O–H groups in total. The summed E-state index contributed by atoms with van der Waals surface area (Å²) in [6.07, 6.45) is 9.46. The Hall–Kier alpha value is -0.410. The van der Waals surface area contributed by atoms with Crippen LogP contribution in [0.25, 0.3) is 0 Å². The van der Waals surface area contributed by atoms with Crippen molar-refractivity contribution in [3.05, 3.63) is 0 Å². The molecule has 0 spiro atoms.